The minimum absolute atomic E-state index is 0.257. The van der Waals surface area contributed by atoms with Crippen molar-refractivity contribution in [2.75, 3.05) is 11.9 Å². The number of rotatable bonds is 4. The first kappa shape index (κ1) is 18.0. The molecule has 0 unspecified atom stereocenters. The molecule has 0 saturated carbocycles. The molecule has 0 aliphatic heterocycles. The smallest absolute Gasteiger partial charge is 0.374 e. The number of para-hydroxylation sites is 1. The number of nitrogens with one attached hydrogen (secondary N) is 1. The summed E-state index contributed by atoms with van der Waals surface area (Å²) in [5.74, 6) is -1.78. The van der Waals surface area contributed by atoms with Crippen LogP contribution < -0.4 is 10.7 Å². The van der Waals surface area contributed by atoms with E-state index in [1.807, 2.05) is 0 Å². The minimum atomic E-state index is -0.919. The highest BCUT2D eigenvalue weighted by molar-refractivity contribution is 6.42. The monoisotopic (exact) mass is 391 g/mol. The molecule has 1 aromatic heterocycles. The summed E-state index contributed by atoms with van der Waals surface area (Å²) in [5.41, 5.74) is 0.281. The SMILES string of the molecule is O=C(COC(=O)c1cc(=O)c2ccccc2o1)Nc1ccc(Cl)c(Cl)c1. The number of anilines is 1. The average molecular weight is 392 g/mol. The van der Waals surface area contributed by atoms with Gasteiger partial charge in [-0.25, -0.2) is 4.79 Å². The van der Waals surface area contributed by atoms with E-state index in [1.165, 1.54) is 12.1 Å². The lowest BCUT2D eigenvalue weighted by atomic mass is 10.2. The molecular formula is C18H11Cl2NO5. The van der Waals surface area contributed by atoms with Crippen molar-refractivity contribution >= 4 is 51.7 Å². The third-order valence-corrected chi connectivity index (χ3v) is 4.11. The second kappa shape index (κ2) is 7.59. The Morgan fingerprint density at radius 3 is 2.58 bits per heavy atom. The summed E-state index contributed by atoms with van der Waals surface area (Å²) in [4.78, 5) is 35.9. The summed E-state index contributed by atoms with van der Waals surface area (Å²) < 4.78 is 10.2. The van der Waals surface area contributed by atoms with Gasteiger partial charge in [0.2, 0.25) is 5.76 Å². The summed E-state index contributed by atoms with van der Waals surface area (Å²) in [6.07, 6.45) is 0. The molecule has 1 amide bonds. The average Bonchev–Trinajstić information content (AvgIpc) is 2.63. The standard InChI is InChI=1S/C18H11Cl2NO5/c19-12-6-5-10(7-13(12)20)21-17(23)9-25-18(24)16-8-14(22)11-3-1-2-4-15(11)26-16/h1-8H,9H2,(H,21,23). The van der Waals surface area contributed by atoms with Gasteiger partial charge >= 0.3 is 5.97 Å². The molecule has 1 N–H and O–H groups in total. The summed E-state index contributed by atoms with van der Waals surface area (Å²) in [6.45, 7) is -0.560. The van der Waals surface area contributed by atoms with Crippen LogP contribution in [-0.4, -0.2) is 18.5 Å². The quantitative estimate of drug-likeness (QED) is 0.681. The Bertz CT molecular complexity index is 1060. The molecule has 3 rings (SSSR count). The topological polar surface area (TPSA) is 85.6 Å². The van der Waals surface area contributed by atoms with Crippen molar-refractivity contribution in [3.8, 4) is 0 Å². The van der Waals surface area contributed by atoms with E-state index in [-0.39, 0.29) is 21.8 Å². The van der Waals surface area contributed by atoms with Gasteiger partial charge in [-0.05, 0) is 30.3 Å². The highest BCUT2D eigenvalue weighted by Gasteiger charge is 2.15. The first-order chi connectivity index (χ1) is 12.4. The molecule has 26 heavy (non-hydrogen) atoms. The van der Waals surface area contributed by atoms with Crippen molar-refractivity contribution in [1.29, 1.82) is 0 Å². The largest absolute Gasteiger partial charge is 0.450 e. The van der Waals surface area contributed by atoms with Crippen molar-refractivity contribution in [1.82, 2.24) is 0 Å². The number of carbonyl (C=O) groups is 2. The van der Waals surface area contributed by atoms with Crippen LogP contribution in [0.2, 0.25) is 10.0 Å². The Hall–Kier alpha value is -2.83. The number of ether oxygens (including phenoxy) is 1. The van der Waals surface area contributed by atoms with E-state index in [9.17, 15) is 14.4 Å². The fraction of sp³-hybridized carbons (Fsp3) is 0.0556. The fourth-order valence-corrected chi connectivity index (χ4v) is 2.48. The van der Waals surface area contributed by atoms with Crippen LogP contribution in [0, 0.1) is 0 Å². The number of halogens is 2. The molecule has 0 aliphatic carbocycles. The Balaban J connectivity index is 1.65. The van der Waals surface area contributed by atoms with Crippen LogP contribution in [0.5, 0.6) is 0 Å². The van der Waals surface area contributed by atoms with E-state index >= 15 is 0 Å². The highest BCUT2D eigenvalue weighted by Crippen LogP contribution is 2.24. The molecule has 1 heterocycles. The predicted octanol–water partition coefficient (Wildman–Crippen LogP) is 3.90. The Kier molecular flexibility index (Phi) is 5.25. The molecule has 0 spiro atoms. The normalized spacial score (nSPS) is 10.5. The maximum atomic E-state index is 12.0. The number of benzene rings is 2. The van der Waals surface area contributed by atoms with Crippen molar-refractivity contribution in [3.63, 3.8) is 0 Å². The third kappa shape index (κ3) is 4.04. The molecule has 2 aromatic carbocycles. The molecule has 8 heteroatoms. The van der Waals surface area contributed by atoms with Crippen LogP contribution in [0.3, 0.4) is 0 Å². The van der Waals surface area contributed by atoms with Gasteiger partial charge in [-0.2, -0.15) is 0 Å². The summed E-state index contributed by atoms with van der Waals surface area (Å²) in [6, 6.07) is 12.1. The molecule has 3 aromatic rings. The molecule has 132 valence electrons. The van der Waals surface area contributed by atoms with Crippen LogP contribution >= 0.6 is 23.2 Å². The molecule has 0 aliphatic rings. The van der Waals surface area contributed by atoms with Gasteiger partial charge in [0.05, 0.1) is 15.4 Å². The Morgan fingerprint density at radius 1 is 1.04 bits per heavy atom. The number of hydrogen-bond donors (Lipinski definition) is 1. The molecule has 0 saturated heterocycles. The third-order valence-electron chi connectivity index (χ3n) is 3.37. The first-order valence-electron chi connectivity index (χ1n) is 7.39. The summed E-state index contributed by atoms with van der Waals surface area (Å²) in [5, 5.41) is 3.48. The molecule has 0 radical (unpaired) electrons. The van der Waals surface area contributed by atoms with E-state index in [1.54, 1.807) is 30.3 Å². The second-order valence-corrected chi connectivity index (χ2v) is 6.04. The number of esters is 1. The van der Waals surface area contributed by atoms with Crippen LogP contribution in [0.25, 0.3) is 11.0 Å². The summed E-state index contributed by atoms with van der Waals surface area (Å²) >= 11 is 11.6. The maximum absolute atomic E-state index is 12.0. The number of amides is 1. The van der Waals surface area contributed by atoms with Gasteiger partial charge < -0.3 is 14.5 Å². The minimum Gasteiger partial charge on any atom is -0.450 e. The van der Waals surface area contributed by atoms with Gasteiger partial charge in [-0.1, -0.05) is 35.3 Å². The van der Waals surface area contributed by atoms with E-state index in [0.29, 0.717) is 16.1 Å². The van der Waals surface area contributed by atoms with Crippen molar-refractivity contribution in [2.24, 2.45) is 0 Å². The van der Waals surface area contributed by atoms with E-state index < -0.39 is 18.5 Å². The predicted molar refractivity (Wildman–Crippen MR) is 97.9 cm³/mol. The first-order valence-corrected chi connectivity index (χ1v) is 8.14. The highest BCUT2D eigenvalue weighted by atomic mass is 35.5. The van der Waals surface area contributed by atoms with Crippen molar-refractivity contribution < 1.29 is 18.7 Å². The van der Waals surface area contributed by atoms with Crippen LogP contribution in [0.4, 0.5) is 5.69 Å². The van der Waals surface area contributed by atoms with Gasteiger partial charge in [0.15, 0.2) is 12.0 Å². The maximum Gasteiger partial charge on any atom is 0.374 e. The van der Waals surface area contributed by atoms with E-state index in [0.717, 1.165) is 6.07 Å². The van der Waals surface area contributed by atoms with Gasteiger partial charge in [0.25, 0.3) is 5.91 Å². The lowest BCUT2D eigenvalue weighted by Gasteiger charge is -2.07. The second-order valence-electron chi connectivity index (χ2n) is 5.22. The zero-order chi connectivity index (χ0) is 18.7. The molecule has 0 atom stereocenters. The fourth-order valence-electron chi connectivity index (χ4n) is 2.18. The van der Waals surface area contributed by atoms with Crippen LogP contribution in [-0.2, 0) is 9.53 Å². The molecule has 0 bridgehead atoms. The van der Waals surface area contributed by atoms with Crippen LogP contribution in [0.1, 0.15) is 10.6 Å². The lowest BCUT2D eigenvalue weighted by Crippen LogP contribution is -2.21. The van der Waals surface area contributed by atoms with Gasteiger partial charge in [-0.15, -0.1) is 0 Å². The number of fused-ring (bicyclic) bond motifs is 1. The van der Waals surface area contributed by atoms with Gasteiger partial charge in [0.1, 0.15) is 5.58 Å². The number of carbonyl (C=O) groups excluding carboxylic acids is 2. The Labute approximate surface area is 157 Å². The van der Waals surface area contributed by atoms with Crippen molar-refractivity contribution in [3.05, 3.63) is 74.6 Å². The van der Waals surface area contributed by atoms with Crippen LogP contribution in [0.15, 0.2) is 57.7 Å². The molecular weight excluding hydrogens is 381 g/mol. The Morgan fingerprint density at radius 2 is 1.81 bits per heavy atom. The number of hydrogen-bond acceptors (Lipinski definition) is 5. The zero-order valence-electron chi connectivity index (χ0n) is 13.1. The summed E-state index contributed by atoms with van der Waals surface area (Å²) in [7, 11) is 0. The van der Waals surface area contributed by atoms with Gasteiger partial charge in [0, 0.05) is 11.8 Å². The van der Waals surface area contributed by atoms with Crippen molar-refractivity contribution in [2.45, 2.75) is 0 Å². The van der Waals surface area contributed by atoms with E-state index in [2.05, 4.69) is 5.32 Å². The van der Waals surface area contributed by atoms with Gasteiger partial charge in [-0.3, -0.25) is 9.59 Å². The molecule has 0 fully saturated rings. The molecule has 6 nitrogen and oxygen atoms in total. The lowest BCUT2D eigenvalue weighted by molar-refractivity contribution is -0.119. The van der Waals surface area contributed by atoms with E-state index in [4.69, 9.17) is 32.4 Å². The zero-order valence-corrected chi connectivity index (χ0v) is 14.6.